The van der Waals surface area contributed by atoms with Gasteiger partial charge in [-0.1, -0.05) is 11.6 Å². The molecule has 0 amide bonds. The van der Waals surface area contributed by atoms with Crippen LogP contribution in [0.5, 0.6) is 17.2 Å². The van der Waals surface area contributed by atoms with Gasteiger partial charge in [-0.05, 0) is 30.7 Å². The lowest BCUT2D eigenvalue weighted by atomic mass is 9.82. The van der Waals surface area contributed by atoms with Crippen molar-refractivity contribution in [3.63, 3.8) is 0 Å². The normalized spacial score (nSPS) is 12.7. The number of aromatic hydroxyl groups is 1. The summed E-state index contributed by atoms with van der Waals surface area (Å²) < 4.78 is 10.3. The Kier molecular flexibility index (Phi) is 3.53. The molecular formula is C17H13ClO5. The maximum atomic E-state index is 12.8. The molecule has 0 aliphatic heterocycles. The standard InChI is InChI=1S/C17H13ClO5/c1-7-4-8-12(10(5-7)22-2)16(20)13-9(15(8)19)6-11(23-3)14(18)17(13)21/h4-6,21H,1-3H3. The Hall–Kier alpha value is -2.53. The van der Waals surface area contributed by atoms with Crippen molar-refractivity contribution >= 4 is 23.2 Å². The zero-order valence-corrected chi connectivity index (χ0v) is 13.4. The SMILES string of the molecule is COc1cc2c(c(O)c1Cl)C(=O)c1c(OC)cc(C)cc1C2=O. The third kappa shape index (κ3) is 2.08. The predicted octanol–water partition coefficient (Wildman–Crippen LogP) is 3.15. The van der Waals surface area contributed by atoms with E-state index in [1.54, 1.807) is 19.1 Å². The van der Waals surface area contributed by atoms with Crippen molar-refractivity contribution in [2.45, 2.75) is 6.92 Å². The second-order valence-corrected chi connectivity index (χ2v) is 5.59. The molecule has 0 saturated carbocycles. The Morgan fingerprint density at radius 2 is 1.52 bits per heavy atom. The van der Waals surface area contributed by atoms with E-state index in [0.29, 0.717) is 0 Å². The lowest BCUT2D eigenvalue weighted by Gasteiger charge is -2.22. The number of ether oxygens (including phenoxy) is 2. The topological polar surface area (TPSA) is 72.8 Å². The van der Waals surface area contributed by atoms with Crippen LogP contribution in [0.3, 0.4) is 0 Å². The highest BCUT2D eigenvalue weighted by molar-refractivity contribution is 6.37. The molecule has 2 aromatic carbocycles. The van der Waals surface area contributed by atoms with E-state index >= 15 is 0 Å². The molecule has 23 heavy (non-hydrogen) atoms. The Bertz CT molecular complexity index is 870. The third-order valence-electron chi connectivity index (χ3n) is 3.84. The second-order valence-electron chi connectivity index (χ2n) is 5.21. The van der Waals surface area contributed by atoms with E-state index in [0.717, 1.165) is 5.56 Å². The molecule has 5 nitrogen and oxygen atoms in total. The van der Waals surface area contributed by atoms with Gasteiger partial charge in [-0.25, -0.2) is 0 Å². The minimum absolute atomic E-state index is 0.0638. The molecule has 0 spiro atoms. The number of carbonyl (C=O) groups is 2. The summed E-state index contributed by atoms with van der Waals surface area (Å²) >= 11 is 6.00. The van der Waals surface area contributed by atoms with Crippen molar-refractivity contribution in [1.29, 1.82) is 0 Å². The van der Waals surface area contributed by atoms with Crippen molar-refractivity contribution in [2.24, 2.45) is 0 Å². The van der Waals surface area contributed by atoms with E-state index in [-0.39, 0.29) is 44.6 Å². The maximum absolute atomic E-state index is 12.8. The summed E-state index contributed by atoms with van der Waals surface area (Å²) in [6.07, 6.45) is 0. The summed E-state index contributed by atoms with van der Waals surface area (Å²) in [5.74, 6) is -0.939. The van der Waals surface area contributed by atoms with Gasteiger partial charge in [-0.2, -0.15) is 0 Å². The van der Waals surface area contributed by atoms with Gasteiger partial charge in [0.25, 0.3) is 0 Å². The molecule has 0 radical (unpaired) electrons. The molecule has 2 aromatic rings. The zero-order valence-electron chi connectivity index (χ0n) is 12.7. The van der Waals surface area contributed by atoms with Crippen LogP contribution in [0.1, 0.15) is 37.4 Å². The van der Waals surface area contributed by atoms with Gasteiger partial charge in [-0.3, -0.25) is 9.59 Å². The number of halogens is 1. The minimum atomic E-state index is -0.506. The summed E-state index contributed by atoms with van der Waals surface area (Å²) in [6, 6.07) is 4.66. The largest absolute Gasteiger partial charge is 0.505 e. The average molecular weight is 333 g/mol. The van der Waals surface area contributed by atoms with Gasteiger partial charge in [0.15, 0.2) is 5.78 Å². The number of methoxy groups -OCH3 is 2. The van der Waals surface area contributed by atoms with Crippen LogP contribution in [-0.4, -0.2) is 30.9 Å². The zero-order chi connectivity index (χ0) is 16.9. The lowest BCUT2D eigenvalue weighted by molar-refractivity contribution is 0.0973. The number of aryl methyl sites for hydroxylation is 1. The van der Waals surface area contributed by atoms with Gasteiger partial charge in [0, 0.05) is 11.1 Å². The van der Waals surface area contributed by atoms with E-state index in [1.807, 2.05) is 0 Å². The van der Waals surface area contributed by atoms with Crippen LogP contribution in [-0.2, 0) is 0 Å². The summed E-state index contributed by atoms with van der Waals surface area (Å²) in [7, 11) is 2.78. The molecular weight excluding hydrogens is 320 g/mol. The van der Waals surface area contributed by atoms with E-state index in [2.05, 4.69) is 0 Å². The van der Waals surface area contributed by atoms with Crippen LogP contribution >= 0.6 is 11.6 Å². The van der Waals surface area contributed by atoms with E-state index in [9.17, 15) is 14.7 Å². The first-order chi connectivity index (χ1) is 10.9. The van der Waals surface area contributed by atoms with Gasteiger partial charge in [0.1, 0.15) is 22.3 Å². The lowest BCUT2D eigenvalue weighted by Crippen LogP contribution is -2.22. The number of hydrogen-bond donors (Lipinski definition) is 1. The Balaban J connectivity index is 2.38. The number of hydrogen-bond acceptors (Lipinski definition) is 5. The molecule has 0 saturated heterocycles. The number of rotatable bonds is 2. The minimum Gasteiger partial charge on any atom is -0.505 e. The van der Waals surface area contributed by atoms with Crippen molar-refractivity contribution in [3.05, 3.63) is 51.0 Å². The highest BCUT2D eigenvalue weighted by atomic mass is 35.5. The smallest absolute Gasteiger partial charge is 0.202 e. The van der Waals surface area contributed by atoms with Crippen molar-refractivity contribution < 1.29 is 24.2 Å². The van der Waals surface area contributed by atoms with E-state index < -0.39 is 11.5 Å². The molecule has 118 valence electrons. The number of ketones is 2. The van der Waals surface area contributed by atoms with E-state index in [4.69, 9.17) is 21.1 Å². The molecule has 1 N–H and O–H groups in total. The molecule has 0 fully saturated rings. The molecule has 0 aromatic heterocycles. The molecule has 0 bridgehead atoms. The molecule has 0 unspecified atom stereocenters. The Morgan fingerprint density at radius 3 is 2.13 bits per heavy atom. The molecule has 3 rings (SSSR count). The summed E-state index contributed by atoms with van der Waals surface area (Å²) in [6.45, 7) is 1.80. The van der Waals surface area contributed by atoms with Crippen molar-refractivity contribution in [2.75, 3.05) is 14.2 Å². The number of fused-ring (bicyclic) bond motifs is 2. The Labute approximate surface area is 137 Å². The fraction of sp³-hybridized carbons (Fsp3) is 0.176. The highest BCUT2D eigenvalue weighted by Gasteiger charge is 2.36. The first kappa shape index (κ1) is 15.4. The van der Waals surface area contributed by atoms with Gasteiger partial charge in [0.05, 0.1) is 25.3 Å². The van der Waals surface area contributed by atoms with Crippen LogP contribution in [0.4, 0.5) is 0 Å². The summed E-state index contributed by atoms with van der Waals surface area (Å²) in [5, 5.41) is 10.2. The number of phenolic OH excluding ortho intramolecular Hbond substituents is 1. The van der Waals surface area contributed by atoms with Gasteiger partial charge >= 0.3 is 0 Å². The van der Waals surface area contributed by atoms with Crippen LogP contribution in [0.15, 0.2) is 18.2 Å². The monoisotopic (exact) mass is 332 g/mol. The first-order valence-corrected chi connectivity index (χ1v) is 7.16. The predicted molar refractivity (Wildman–Crippen MR) is 84.3 cm³/mol. The molecule has 1 aliphatic carbocycles. The Morgan fingerprint density at radius 1 is 0.913 bits per heavy atom. The first-order valence-electron chi connectivity index (χ1n) is 6.78. The van der Waals surface area contributed by atoms with Crippen LogP contribution in [0, 0.1) is 6.92 Å². The highest BCUT2D eigenvalue weighted by Crippen LogP contribution is 2.44. The van der Waals surface area contributed by atoms with Gasteiger partial charge in [0.2, 0.25) is 5.78 Å². The maximum Gasteiger partial charge on any atom is 0.202 e. The fourth-order valence-electron chi connectivity index (χ4n) is 2.78. The molecule has 1 aliphatic rings. The molecule has 0 heterocycles. The van der Waals surface area contributed by atoms with Gasteiger partial charge in [-0.15, -0.1) is 0 Å². The second kappa shape index (κ2) is 5.28. The number of benzene rings is 2. The molecule has 6 heteroatoms. The average Bonchev–Trinajstić information content (AvgIpc) is 2.53. The van der Waals surface area contributed by atoms with Crippen LogP contribution in [0.2, 0.25) is 5.02 Å². The quantitative estimate of drug-likeness (QED) is 0.780. The van der Waals surface area contributed by atoms with Crippen molar-refractivity contribution in [3.8, 4) is 17.2 Å². The van der Waals surface area contributed by atoms with Crippen LogP contribution < -0.4 is 9.47 Å². The van der Waals surface area contributed by atoms with Gasteiger partial charge < -0.3 is 14.6 Å². The fourth-order valence-corrected chi connectivity index (χ4v) is 3.00. The molecule has 0 atom stereocenters. The number of carbonyl (C=O) groups excluding carboxylic acids is 2. The van der Waals surface area contributed by atoms with E-state index in [1.165, 1.54) is 20.3 Å². The third-order valence-corrected chi connectivity index (χ3v) is 4.20. The van der Waals surface area contributed by atoms with Crippen molar-refractivity contribution in [1.82, 2.24) is 0 Å². The number of phenols is 1. The summed E-state index contributed by atoms with van der Waals surface area (Å²) in [5.41, 5.74) is 1.09. The van der Waals surface area contributed by atoms with Crippen LogP contribution in [0.25, 0.3) is 0 Å². The summed E-state index contributed by atoms with van der Waals surface area (Å²) in [4.78, 5) is 25.6.